The first-order valence-corrected chi connectivity index (χ1v) is 19.6. The Bertz CT molecular complexity index is 3160. The van der Waals surface area contributed by atoms with Crippen LogP contribution >= 0.6 is 0 Å². The van der Waals surface area contributed by atoms with Gasteiger partial charge in [0.05, 0.1) is 11.0 Å². The van der Waals surface area contributed by atoms with Gasteiger partial charge in [0.2, 0.25) is 0 Å². The number of benzene rings is 7. The number of hydrogen-bond donors (Lipinski definition) is 0. The highest BCUT2D eigenvalue weighted by molar-refractivity contribution is 6.13. The molecule has 4 heteroatoms. The van der Waals surface area contributed by atoms with Gasteiger partial charge >= 0.3 is 0 Å². The van der Waals surface area contributed by atoms with Crippen molar-refractivity contribution in [3.05, 3.63) is 198 Å². The summed E-state index contributed by atoms with van der Waals surface area (Å²) in [6, 6.07) is 57.0. The minimum absolute atomic E-state index is 0.111. The van der Waals surface area contributed by atoms with Gasteiger partial charge in [0.15, 0.2) is 0 Å². The van der Waals surface area contributed by atoms with Crippen LogP contribution in [-0.2, 0) is 5.41 Å². The average molecular weight is 720 g/mol. The van der Waals surface area contributed by atoms with Crippen molar-refractivity contribution in [2.75, 3.05) is 4.90 Å². The van der Waals surface area contributed by atoms with Crippen LogP contribution in [0.25, 0.3) is 66.7 Å². The molecule has 0 amide bonds. The molecule has 1 unspecified atom stereocenters. The second-order valence-electron chi connectivity index (χ2n) is 15.9. The number of fused-ring (bicyclic) bond motifs is 10. The van der Waals surface area contributed by atoms with Crippen molar-refractivity contribution in [2.24, 2.45) is 0 Å². The molecular weight excluding hydrogens is 683 g/mol. The normalized spacial score (nSPS) is 16.5. The first-order valence-electron chi connectivity index (χ1n) is 19.6. The third-order valence-corrected chi connectivity index (χ3v) is 12.6. The summed E-state index contributed by atoms with van der Waals surface area (Å²) in [5, 5.41) is 2.19. The largest absolute Gasteiger partial charge is 0.456 e. The molecule has 0 bridgehead atoms. The molecule has 0 spiro atoms. The third-order valence-electron chi connectivity index (χ3n) is 12.6. The van der Waals surface area contributed by atoms with Crippen molar-refractivity contribution in [3.8, 4) is 28.2 Å². The Morgan fingerprint density at radius 2 is 1.41 bits per heavy atom. The number of furan rings is 1. The van der Waals surface area contributed by atoms with Crippen LogP contribution < -0.4 is 4.90 Å². The van der Waals surface area contributed by atoms with Gasteiger partial charge in [0, 0.05) is 50.4 Å². The second-order valence-corrected chi connectivity index (χ2v) is 15.9. The fraction of sp³-hybridized carbons (Fsp3) is 0.0962. The van der Waals surface area contributed by atoms with E-state index in [9.17, 15) is 0 Å². The lowest BCUT2D eigenvalue weighted by Gasteiger charge is -2.26. The van der Waals surface area contributed by atoms with Crippen molar-refractivity contribution in [1.82, 2.24) is 9.55 Å². The summed E-state index contributed by atoms with van der Waals surface area (Å²) in [5.74, 6) is 1.19. The van der Waals surface area contributed by atoms with Crippen LogP contribution in [0.5, 0.6) is 0 Å². The van der Waals surface area contributed by atoms with E-state index in [0.29, 0.717) is 0 Å². The number of nitrogens with zero attached hydrogens (tertiary/aromatic N) is 3. The highest BCUT2D eigenvalue weighted by atomic mass is 16.3. The van der Waals surface area contributed by atoms with Gasteiger partial charge in [-0.2, -0.15) is 0 Å². The van der Waals surface area contributed by atoms with Crippen molar-refractivity contribution in [2.45, 2.75) is 31.6 Å². The average Bonchev–Trinajstić information content (AvgIpc) is 3.97. The first-order chi connectivity index (χ1) is 27.5. The Hall–Kier alpha value is -6.91. The number of para-hydroxylation sites is 4. The van der Waals surface area contributed by atoms with E-state index in [2.05, 4.69) is 193 Å². The Balaban J connectivity index is 1.01. The van der Waals surface area contributed by atoms with E-state index >= 15 is 0 Å². The molecule has 3 heterocycles. The number of hydrogen-bond acceptors (Lipinski definition) is 3. The van der Waals surface area contributed by atoms with Crippen molar-refractivity contribution in [3.63, 3.8) is 0 Å². The van der Waals surface area contributed by atoms with Gasteiger partial charge in [-0.25, -0.2) is 4.98 Å². The van der Waals surface area contributed by atoms with Crippen LogP contribution in [0.1, 0.15) is 48.4 Å². The van der Waals surface area contributed by atoms with Crippen molar-refractivity contribution < 1.29 is 4.42 Å². The number of imidazole rings is 1. The Kier molecular flexibility index (Phi) is 6.48. The maximum absolute atomic E-state index is 6.60. The van der Waals surface area contributed by atoms with E-state index in [-0.39, 0.29) is 11.3 Å². The van der Waals surface area contributed by atoms with Crippen molar-refractivity contribution >= 4 is 49.9 Å². The van der Waals surface area contributed by atoms with Gasteiger partial charge in [-0.3, -0.25) is 4.57 Å². The number of allylic oxidation sites excluding steroid dienone is 4. The molecule has 0 N–H and O–H groups in total. The lowest BCUT2D eigenvalue weighted by molar-refractivity contribution is 0.660. The molecule has 9 aromatic rings. The summed E-state index contributed by atoms with van der Waals surface area (Å²) in [7, 11) is 0. The van der Waals surface area contributed by atoms with E-state index in [1.165, 1.54) is 56.0 Å². The maximum atomic E-state index is 6.60. The Labute approximate surface area is 325 Å². The highest BCUT2D eigenvalue weighted by Gasteiger charge is 2.37. The Morgan fingerprint density at radius 3 is 2.34 bits per heavy atom. The van der Waals surface area contributed by atoms with E-state index in [0.717, 1.165) is 56.5 Å². The molecule has 0 fully saturated rings. The van der Waals surface area contributed by atoms with Crippen LogP contribution in [0.2, 0.25) is 0 Å². The van der Waals surface area contributed by atoms with Crippen LogP contribution in [0.4, 0.5) is 11.4 Å². The van der Waals surface area contributed by atoms with Gasteiger partial charge < -0.3 is 9.32 Å². The smallest absolute Gasteiger partial charge is 0.146 e. The van der Waals surface area contributed by atoms with Crippen LogP contribution in [0, 0.1) is 0 Å². The zero-order chi connectivity index (χ0) is 37.1. The third kappa shape index (κ3) is 4.38. The second kappa shape index (κ2) is 11.5. The molecule has 1 aliphatic heterocycles. The SMILES string of the molecule is CC1(C)c2ccccc2-c2ccc(-n3c(-c4cccc5oc6ccc(C7=CC=C8C(C7)c7ccccc7N8c7ccccc7)cc6c45)nc4ccccc43)cc21. The molecule has 4 nitrogen and oxygen atoms in total. The summed E-state index contributed by atoms with van der Waals surface area (Å²) >= 11 is 0. The summed E-state index contributed by atoms with van der Waals surface area (Å²) in [6.45, 7) is 4.68. The Morgan fingerprint density at radius 1 is 0.625 bits per heavy atom. The van der Waals surface area contributed by atoms with E-state index in [1.807, 2.05) is 0 Å². The topological polar surface area (TPSA) is 34.2 Å². The van der Waals surface area contributed by atoms with E-state index in [1.54, 1.807) is 0 Å². The molecule has 0 radical (unpaired) electrons. The molecule has 0 saturated heterocycles. The molecule has 3 aliphatic rings. The lowest BCUT2D eigenvalue weighted by atomic mass is 9.82. The molecule has 1 atom stereocenters. The minimum atomic E-state index is -0.111. The number of anilines is 2. The molecule has 266 valence electrons. The summed E-state index contributed by atoms with van der Waals surface area (Å²) in [5.41, 5.74) is 18.9. The van der Waals surface area contributed by atoms with Gasteiger partial charge in [-0.05, 0) is 112 Å². The zero-order valence-corrected chi connectivity index (χ0v) is 31.2. The highest BCUT2D eigenvalue weighted by Crippen LogP contribution is 2.53. The fourth-order valence-corrected chi connectivity index (χ4v) is 9.91. The molecule has 0 saturated carbocycles. The van der Waals surface area contributed by atoms with E-state index < -0.39 is 0 Å². The quantitative estimate of drug-likeness (QED) is 0.182. The van der Waals surface area contributed by atoms with Crippen molar-refractivity contribution in [1.29, 1.82) is 0 Å². The fourth-order valence-electron chi connectivity index (χ4n) is 9.91. The number of rotatable bonds is 4. The predicted octanol–water partition coefficient (Wildman–Crippen LogP) is 13.5. The van der Waals surface area contributed by atoms with Crippen LogP contribution in [0.15, 0.2) is 180 Å². The monoisotopic (exact) mass is 719 g/mol. The molecule has 12 rings (SSSR count). The molecule has 7 aromatic carbocycles. The van der Waals surface area contributed by atoms with Gasteiger partial charge in [0.1, 0.15) is 17.0 Å². The molecule has 2 aliphatic carbocycles. The molecular formula is C52H37N3O. The zero-order valence-electron chi connectivity index (χ0n) is 31.2. The summed E-state index contributed by atoms with van der Waals surface area (Å²) in [6.07, 6.45) is 5.58. The maximum Gasteiger partial charge on any atom is 0.146 e. The van der Waals surface area contributed by atoms with Gasteiger partial charge in [-0.15, -0.1) is 0 Å². The summed E-state index contributed by atoms with van der Waals surface area (Å²) in [4.78, 5) is 7.79. The van der Waals surface area contributed by atoms with Gasteiger partial charge in [-0.1, -0.05) is 117 Å². The van der Waals surface area contributed by atoms with E-state index in [4.69, 9.17) is 9.40 Å². The molecule has 56 heavy (non-hydrogen) atoms. The first kappa shape index (κ1) is 31.4. The van der Waals surface area contributed by atoms with Crippen LogP contribution in [-0.4, -0.2) is 9.55 Å². The van der Waals surface area contributed by atoms with Crippen LogP contribution in [0.3, 0.4) is 0 Å². The molecule has 2 aromatic heterocycles. The number of aromatic nitrogens is 2. The summed E-state index contributed by atoms with van der Waals surface area (Å²) < 4.78 is 8.95. The predicted molar refractivity (Wildman–Crippen MR) is 230 cm³/mol. The standard InChI is InChI=1S/C52H37N3O/c1-52(2)42-18-8-6-15-36(42)37-26-25-35(31-43(37)52)55-47-21-11-9-19-44(47)53-51(55)39-17-12-22-49-50(39)41-30-33(24-28-48(41)56-49)32-23-27-46-40(29-32)38-16-7-10-20-45(38)54(46)34-13-4-3-5-14-34/h3-28,30-31,40H,29H2,1-2H3. The lowest BCUT2D eigenvalue weighted by Crippen LogP contribution is -2.15. The minimum Gasteiger partial charge on any atom is -0.456 e. The van der Waals surface area contributed by atoms with Gasteiger partial charge in [0.25, 0.3) is 0 Å².